The molecule has 0 aliphatic carbocycles. The Bertz CT molecular complexity index is 734. The minimum Gasteiger partial charge on any atom is -0.490 e. The Morgan fingerprint density at radius 1 is 0.808 bits per heavy atom. The molecule has 6 nitrogen and oxygen atoms in total. The number of Topliss-reactive ketones (excluding diaryl/α,β-unsaturated/α-hetero) is 1. The number of benzene rings is 2. The minimum atomic E-state index is -3.83. The molecule has 0 fully saturated rings. The third kappa shape index (κ3) is 5.53. The van der Waals surface area contributed by atoms with Gasteiger partial charge in [-0.2, -0.15) is 0 Å². The average molecular weight is 378 g/mol. The summed E-state index contributed by atoms with van der Waals surface area (Å²) in [6.45, 7) is 5.85. The number of hydrogen-bond donors (Lipinski definition) is 0. The summed E-state index contributed by atoms with van der Waals surface area (Å²) in [5.41, 5.74) is 0. The average Bonchev–Trinajstić information content (AvgIpc) is 2.58. The van der Waals surface area contributed by atoms with Crippen molar-refractivity contribution in [3.05, 3.63) is 48.5 Å². The zero-order chi connectivity index (χ0) is 19.0. The second kappa shape index (κ2) is 9.30. The molecule has 7 heteroatoms. The number of ether oxygens (including phenoxy) is 2. The molecule has 0 bridgehead atoms. The molecule has 0 aliphatic rings. The van der Waals surface area contributed by atoms with Crippen molar-refractivity contribution in [2.24, 2.45) is 0 Å². The second-order valence-corrected chi connectivity index (χ2v) is 7.32. The summed E-state index contributed by atoms with van der Waals surface area (Å²) in [5.74, 6) is 1.07. The van der Waals surface area contributed by atoms with Gasteiger partial charge in [-0.15, -0.1) is 0 Å². The Kier molecular flexibility index (Phi) is 7.10. The Morgan fingerprint density at radius 2 is 1.19 bits per heavy atom. The molecule has 0 atom stereocenters. The Labute approximate surface area is 153 Å². The quantitative estimate of drug-likeness (QED) is 0.557. The maximum atomic E-state index is 13.3. The molecule has 2 aromatic rings. The Hall–Kier alpha value is -2.46. The van der Waals surface area contributed by atoms with Gasteiger partial charge in [0.2, 0.25) is 0 Å². The van der Waals surface area contributed by atoms with Gasteiger partial charge in [0.25, 0.3) is 0 Å². The van der Waals surface area contributed by atoms with Crippen molar-refractivity contribution in [1.82, 2.24) is 0 Å². The first-order valence-corrected chi connectivity index (χ1v) is 10.1. The van der Waals surface area contributed by atoms with Gasteiger partial charge in [0.1, 0.15) is 11.9 Å². The summed E-state index contributed by atoms with van der Waals surface area (Å²) in [5, 5.41) is 0. The fourth-order valence-corrected chi connectivity index (χ4v) is 3.87. The molecule has 0 aliphatic heterocycles. The lowest BCUT2D eigenvalue weighted by Crippen LogP contribution is -2.11. The van der Waals surface area contributed by atoms with Gasteiger partial charge in [-0.3, -0.25) is 4.79 Å². The third-order valence-corrected chi connectivity index (χ3v) is 4.97. The lowest BCUT2D eigenvalue weighted by Gasteiger charge is -2.21. The molecule has 0 radical (unpaired) electrons. The van der Waals surface area contributed by atoms with Crippen molar-refractivity contribution in [3.63, 3.8) is 0 Å². The van der Waals surface area contributed by atoms with Crippen LogP contribution in [0.2, 0.25) is 0 Å². The molecule has 140 valence electrons. The molecule has 0 aromatic heterocycles. The number of hydrogen-bond acceptors (Lipinski definition) is 6. The van der Waals surface area contributed by atoms with Crippen LogP contribution in [-0.4, -0.2) is 25.2 Å². The van der Waals surface area contributed by atoms with Crippen LogP contribution in [0.25, 0.3) is 0 Å². The van der Waals surface area contributed by atoms with Crippen LogP contribution < -0.4 is 18.5 Å². The maximum absolute atomic E-state index is 13.3. The van der Waals surface area contributed by atoms with Crippen molar-refractivity contribution in [1.29, 1.82) is 0 Å². The molecule has 2 rings (SSSR count). The van der Waals surface area contributed by atoms with Gasteiger partial charge in [0.05, 0.1) is 13.2 Å². The van der Waals surface area contributed by atoms with Crippen LogP contribution in [0.3, 0.4) is 0 Å². The van der Waals surface area contributed by atoms with E-state index in [4.69, 9.17) is 18.5 Å². The van der Waals surface area contributed by atoms with Crippen LogP contribution in [0.4, 0.5) is 0 Å². The van der Waals surface area contributed by atoms with Crippen LogP contribution in [0.15, 0.2) is 48.5 Å². The van der Waals surface area contributed by atoms with Crippen molar-refractivity contribution in [2.75, 3.05) is 19.4 Å². The van der Waals surface area contributed by atoms with Gasteiger partial charge in [0, 0.05) is 0 Å². The molecule has 0 saturated heterocycles. The molecule has 26 heavy (non-hydrogen) atoms. The van der Waals surface area contributed by atoms with Gasteiger partial charge in [0.15, 0.2) is 23.0 Å². The zero-order valence-electron chi connectivity index (χ0n) is 15.1. The number of carbonyl (C=O) groups is 1. The van der Waals surface area contributed by atoms with E-state index in [0.717, 1.165) is 0 Å². The molecule has 0 saturated carbocycles. The maximum Gasteiger partial charge on any atom is 0.438 e. The molecule has 2 aromatic carbocycles. The van der Waals surface area contributed by atoms with Crippen LogP contribution in [0.5, 0.6) is 23.0 Å². The summed E-state index contributed by atoms with van der Waals surface area (Å²) in [7, 11) is -3.83. The lowest BCUT2D eigenvalue weighted by molar-refractivity contribution is -0.114. The van der Waals surface area contributed by atoms with Crippen molar-refractivity contribution < 1.29 is 27.9 Å². The summed E-state index contributed by atoms with van der Waals surface area (Å²) >= 11 is 0. The van der Waals surface area contributed by atoms with Crippen molar-refractivity contribution >= 4 is 13.4 Å². The molecule has 0 amide bonds. The van der Waals surface area contributed by atoms with E-state index < -0.39 is 7.60 Å². The topological polar surface area (TPSA) is 71.1 Å². The predicted molar refractivity (Wildman–Crippen MR) is 99.6 cm³/mol. The van der Waals surface area contributed by atoms with Gasteiger partial charge < -0.3 is 18.5 Å². The summed E-state index contributed by atoms with van der Waals surface area (Å²) in [6.07, 6.45) is -0.367. The van der Waals surface area contributed by atoms with E-state index >= 15 is 0 Å². The molecule has 0 spiro atoms. The van der Waals surface area contributed by atoms with Gasteiger partial charge in [-0.25, -0.2) is 4.57 Å². The van der Waals surface area contributed by atoms with Crippen LogP contribution in [0.1, 0.15) is 20.8 Å². The second-order valence-electron chi connectivity index (χ2n) is 5.41. The van der Waals surface area contributed by atoms with Gasteiger partial charge in [-0.1, -0.05) is 24.3 Å². The first-order valence-electron chi connectivity index (χ1n) is 8.38. The normalized spacial score (nSPS) is 10.9. The highest BCUT2D eigenvalue weighted by molar-refractivity contribution is 7.55. The lowest BCUT2D eigenvalue weighted by atomic mass is 10.3. The first kappa shape index (κ1) is 19.9. The molecule has 0 N–H and O–H groups in total. The molecular weight excluding hydrogens is 355 g/mol. The third-order valence-electron chi connectivity index (χ3n) is 3.19. The van der Waals surface area contributed by atoms with E-state index in [1.165, 1.54) is 6.92 Å². The number of para-hydroxylation sites is 4. The number of rotatable bonds is 10. The number of ketones is 1. The molecule has 0 heterocycles. The smallest absolute Gasteiger partial charge is 0.438 e. The monoisotopic (exact) mass is 378 g/mol. The van der Waals surface area contributed by atoms with Crippen LogP contribution in [-0.2, 0) is 9.36 Å². The van der Waals surface area contributed by atoms with Crippen molar-refractivity contribution in [3.8, 4) is 23.0 Å². The highest BCUT2D eigenvalue weighted by Crippen LogP contribution is 2.52. The molecular formula is C19H23O6P. The number of carbonyl (C=O) groups excluding carboxylic acids is 1. The fourth-order valence-electron chi connectivity index (χ4n) is 2.26. The highest BCUT2D eigenvalue weighted by Gasteiger charge is 2.32. The van der Waals surface area contributed by atoms with E-state index in [1.807, 2.05) is 13.8 Å². The first-order chi connectivity index (χ1) is 12.5. The Morgan fingerprint density at radius 3 is 1.54 bits per heavy atom. The van der Waals surface area contributed by atoms with E-state index in [9.17, 15) is 9.36 Å². The van der Waals surface area contributed by atoms with Crippen LogP contribution >= 0.6 is 7.60 Å². The minimum absolute atomic E-state index is 0.257. The highest BCUT2D eigenvalue weighted by atomic mass is 31.2. The zero-order valence-corrected chi connectivity index (χ0v) is 16.0. The van der Waals surface area contributed by atoms with E-state index in [2.05, 4.69) is 0 Å². The van der Waals surface area contributed by atoms with Gasteiger partial charge in [-0.05, 0) is 45.0 Å². The Balaban J connectivity index is 2.34. The SMILES string of the molecule is CCOc1ccccc1OP(=O)(CC(C)=O)Oc1ccccc1OCC. The van der Waals surface area contributed by atoms with Gasteiger partial charge >= 0.3 is 7.60 Å². The fraction of sp³-hybridized carbons (Fsp3) is 0.316. The predicted octanol–water partition coefficient (Wildman–Crippen LogP) is 4.72. The standard InChI is InChI=1S/C19H23O6P/c1-4-22-16-10-6-8-12-18(16)24-26(21,14-15(3)20)25-19-13-9-7-11-17(19)23-5-2/h6-13H,4-5,14H2,1-3H3. The van der Waals surface area contributed by atoms with Crippen LogP contribution in [0, 0.1) is 0 Å². The summed E-state index contributed by atoms with van der Waals surface area (Å²) < 4.78 is 35.6. The summed E-state index contributed by atoms with van der Waals surface area (Å²) in [4.78, 5) is 11.7. The largest absolute Gasteiger partial charge is 0.490 e. The van der Waals surface area contributed by atoms with Crippen molar-refractivity contribution in [2.45, 2.75) is 20.8 Å². The van der Waals surface area contributed by atoms with E-state index in [-0.39, 0.29) is 23.4 Å². The van der Waals surface area contributed by atoms with E-state index in [1.54, 1.807) is 48.5 Å². The molecule has 0 unspecified atom stereocenters. The van der Waals surface area contributed by atoms with E-state index in [0.29, 0.717) is 24.7 Å². The summed E-state index contributed by atoms with van der Waals surface area (Å²) in [6, 6.07) is 13.6.